The molecule has 0 atom stereocenters. The number of halogens is 4. The van der Waals surface area contributed by atoms with Gasteiger partial charge in [0.2, 0.25) is 0 Å². The Balaban J connectivity index is 0.00000306. The zero-order valence-electron chi connectivity index (χ0n) is 19.1. The van der Waals surface area contributed by atoms with Crippen LogP contribution in [0.5, 0.6) is 0 Å². The standard InChI is InChI=1S/C23H31F3N6.HI/c1-16-30-31-20(32(16)2)14-27-21(29-19-9-3-4-10-19)28-15-22(11-6-12-22)17-7-5-8-18(13-17)23(24,25)26;/h5,7-8,13,19H,3-4,6,9-12,14-15H2,1-2H3,(H2,27,28,29);1H. The van der Waals surface area contributed by atoms with E-state index in [1.54, 1.807) is 0 Å². The van der Waals surface area contributed by atoms with Crippen LogP contribution in [0.3, 0.4) is 0 Å². The van der Waals surface area contributed by atoms with E-state index in [1.807, 2.05) is 24.6 Å². The SMILES string of the molecule is Cc1nnc(CN=C(NCC2(c3cccc(C(F)(F)F)c3)CCC2)NC2CCCC2)n1C.I. The van der Waals surface area contributed by atoms with Crippen LogP contribution in [0.2, 0.25) is 0 Å². The quantitative estimate of drug-likeness (QED) is 0.293. The smallest absolute Gasteiger partial charge is 0.355 e. The first-order valence-corrected chi connectivity index (χ1v) is 11.3. The molecule has 0 spiro atoms. The molecule has 4 rings (SSSR count). The first-order chi connectivity index (χ1) is 15.3. The van der Waals surface area contributed by atoms with E-state index >= 15 is 0 Å². The van der Waals surface area contributed by atoms with Gasteiger partial charge in [0, 0.05) is 25.0 Å². The number of aliphatic imine (C=N–C) groups is 1. The van der Waals surface area contributed by atoms with Gasteiger partial charge >= 0.3 is 6.18 Å². The molecule has 1 aromatic heterocycles. The first kappa shape index (κ1) is 25.8. The van der Waals surface area contributed by atoms with Crippen molar-refractivity contribution < 1.29 is 13.2 Å². The summed E-state index contributed by atoms with van der Waals surface area (Å²) in [6, 6.07) is 6.15. The highest BCUT2D eigenvalue weighted by molar-refractivity contribution is 14.0. The van der Waals surface area contributed by atoms with Gasteiger partial charge in [0.15, 0.2) is 11.8 Å². The average Bonchev–Trinajstić information content (AvgIpc) is 3.35. The second-order valence-electron chi connectivity index (χ2n) is 9.08. The summed E-state index contributed by atoms with van der Waals surface area (Å²) in [5.74, 6) is 2.29. The minimum absolute atomic E-state index is 0. The van der Waals surface area contributed by atoms with Gasteiger partial charge in [-0.15, -0.1) is 34.2 Å². The molecule has 6 nitrogen and oxygen atoms in total. The number of nitrogens with one attached hydrogen (secondary N) is 2. The lowest BCUT2D eigenvalue weighted by Gasteiger charge is -2.43. The molecular weight excluding hydrogens is 544 g/mol. The minimum atomic E-state index is -4.33. The molecule has 0 bridgehead atoms. The summed E-state index contributed by atoms with van der Waals surface area (Å²) in [5, 5.41) is 15.2. The summed E-state index contributed by atoms with van der Waals surface area (Å²) in [6.07, 6.45) is 2.99. The average molecular weight is 576 g/mol. The molecule has 2 N–H and O–H groups in total. The number of rotatable bonds is 6. The zero-order chi connectivity index (χ0) is 22.8. The van der Waals surface area contributed by atoms with Gasteiger partial charge in [-0.25, -0.2) is 4.99 Å². The Labute approximate surface area is 209 Å². The molecule has 1 heterocycles. The Kier molecular flexibility index (Phi) is 8.28. The zero-order valence-corrected chi connectivity index (χ0v) is 21.4. The molecule has 2 aliphatic carbocycles. The van der Waals surface area contributed by atoms with Crippen LogP contribution in [0.1, 0.15) is 67.7 Å². The molecule has 2 aromatic rings. The summed E-state index contributed by atoms with van der Waals surface area (Å²) in [4.78, 5) is 4.73. The second-order valence-corrected chi connectivity index (χ2v) is 9.08. The number of aryl methyl sites for hydroxylation is 1. The van der Waals surface area contributed by atoms with Crippen molar-refractivity contribution in [2.24, 2.45) is 12.0 Å². The Morgan fingerprint density at radius 1 is 1.18 bits per heavy atom. The first-order valence-electron chi connectivity index (χ1n) is 11.3. The number of hydrogen-bond acceptors (Lipinski definition) is 3. The maximum Gasteiger partial charge on any atom is 0.416 e. The van der Waals surface area contributed by atoms with E-state index in [0.717, 1.165) is 55.4 Å². The number of aromatic nitrogens is 3. The van der Waals surface area contributed by atoms with Crippen LogP contribution in [-0.4, -0.2) is 33.3 Å². The molecule has 2 aliphatic rings. The number of guanidine groups is 1. The van der Waals surface area contributed by atoms with Gasteiger partial charge in [-0.1, -0.05) is 37.5 Å². The van der Waals surface area contributed by atoms with E-state index in [-0.39, 0.29) is 29.4 Å². The highest BCUT2D eigenvalue weighted by Crippen LogP contribution is 2.44. The minimum Gasteiger partial charge on any atom is -0.355 e. The number of hydrogen-bond donors (Lipinski definition) is 2. The van der Waals surface area contributed by atoms with Crippen LogP contribution in [0, 0.1) is 6.92 Å². The van der Waals surface area contributed by atoms with Gasteiger partial charge in [0.05, 0.1) is 5.56 Å². The highest BCUT2D eigenvalue weighted by Gasteiger charge is 2.40. The predicted octanol–water partition coefficient (Wildman–Crippen LogP) is 4.86. The Morgan fingerprint density at radius 3 is 2.48 bits per heavy atom. The fourth-order valence-corrected chi connectivity index (χ4v) is 4.60. The van der Waals surface area contributed by atoms with Crippen molar-refractivity contribution in [1.82, 2.24) is 25.4 Å². The predicted molar refractivity (Wildman–Crippen MR) is 133 cm³/mol. The molecule has 2 saturated carbocycles. The lowest BCUT2D eigenvalue weighted by Crippen LogP contribution is -2.50. The van der Waals surface area contributed by atoms with Gasteiger partial charge in [0.1, 0.15) is 12.4 Å². The maximum atomic E-state index is 13.3. The fourth-order valence-electron chi connectivity index (χ4n) is 4.60. The second kappa shape index (κ2) is 10.6. The normalized spacial score (nSPS) is 18.5. The third-order valence-electron chi connectivity index (χ3n) is 6.96. The Morgan fingerprint density at radius 2 is 1.91 bits per heavy atom. The van der Waals surface area contributed by atoms with Crippen molar-refractivity contribution in [3.8, 4) is 0 Å². The van der Waals surface area contributed by atoms with E-state index in [0.29, 0.717) is 25.1 Å². The van der Waals surface area contributed by atoms with E-state index in [1.165, 1.54) is 25.0 Å². The summed E-state index contributed by atoms with van der Waals surface area (Å²) < 4.78 is 41.7. The Bertz CT molecular complexity index is 961. The Hall–Kier alpha value is -1.85. The van der Waals surface area contributed by atoms with Crippen LogP contribution in [-0.2, 0) is 25.2 Å². The monoisotopic (exact) mass is 576 g/mol. The molecule has 2 fully saturated rings. The summed E-state index contributed by atoms with van der Waals surface area (Å²) in [7, 11) is 1.91. The van der Waals surface area contributed by atoms with Crippen LogP contribution >= 0.6 is 24.0 Å². The molecule has 0 unspecified atom stereocenters. The third-order valence-corrected chi connectivity index (χ3v) is 6.96. The summed E-state index contributed by atoms with van der Waals surface area (Å²) in [6.45, 7) is 2.83. The topological polar surface area (TPSA) is 67.1 Å². The van der Waals surface area contributed by atoms with Gasteiger partial charge < -0.3 is 15.2 Å². The van der Waals surface area contributed by atoms with Crippen molar-refractivity contribution in [2.75, 3.05) is 6.54 Å². The van der Waals surface area contributed by atoms with Gasteiger partial charge in [-0.2, -0.15) is 13.2 Å². The van der Waals surface area contributed by atoms with Crippen LogP contribution in [0.4, 0.5) is 13.2 Å². The van der Waals surface area contributed by atoms with E-state index < -0.39 is 11.7 Å². The van der Waals surface area contributed by atoms with Gasteiger partial charge in [-0.05, 0) is 44.2 Å². The molecule has 182 valence electrons. The lowest BCUT2D eigenvalue weighted by molar-refractivity contribution is -0.137. The van der Waals surface area contributed by atoms with Crippen molar-refractivity contribution in [3.63, 3.8) is 0 Å². The molecule has 0 saturated heterocycles. The molecule has 0 aliphatic heterocycles. The number of alkyl halides is 3. The maximum absolute atomic E-state index is 13.3. The molecule has 33 heavy (non-hydrogen) atoms. The number of benzene rings is 1. The molecule has 0 radical (unpaired) electrons. The molecule has 1 aromatic carbocycles. The van der Waals surface area contributed by atoms with Crippen molar-refractivity contribution in [2.45, 2.75) is 76.0 Å². The van der Waals surface area contributed by atoms with Crippen molar-refractivity contribution in [1.29, 1.82) is 0 Å². The largest absolute Gasteiger partial charge is 0.416 e. The van der Waals surface area contributed by atoms with Crippen LogP contribution in [0.25, 0.3) is 0 Å². The third kappa shape index (κ3) is 5.99. The highest BCUT2D eigenvalue weighted by atomic mass is 127. The van der Waals surface area contributed by atoms with Crippen molar-refractivity contribution >= 4 is 29.9 Å². The number of nitrogens with zero attached hydrogens (tertiary/aromatic N) is 4. The van der Waals surface area contributed by atoms with E-state index in [9.17, 15) is 13.2 Å². The summed E-state index contributed by atoms with van der Waals surface area (Å²) >= 11 is 0. The lowest BCUT2D eigenvalue weighted by atomic mass is 9.64. The molecule has 10 heteroatoms. The molecular formula is C23H32F3IN6. The van der Waals surface area contributed by atoms with Crippen molar-refractivity contribution in [3.05, 3.63) is 47.0 Å². The van der Waals surface area contributed by atoms with E-state index in [4.69, 9.17) is 4.99 Å². The van der Waals surface area contributed by atoms with Crippen LogP contribution in [0.15, 0.2) is 29.3 Å². The van der Waals surface area contributed by atoms with Gasteiger partial charge in [0.25, 0.3) is 0 Å². The summed E-state index contributed by atoms with van der Waals surface area (Å²) in [5.41, 5.74) is -0.145. The van der Waals surface area contributed by atoms with E-state index in [2.05, 4.69) is 20.8 Å². The van der Waals surface area contributed by atoms with Crippen LogP contribution < -0.4 is 10.6 Å². The van der Waals surface area contributed by atoms with Gasteiger partial charge in [-0.3, -0.25) is 0 Å². The fraction of sp³-hybridized carbons (Fsp3) is 0.609. The molecule has 0 amide bonds.